The summed E-state index contributed by atoms with van der Waals surface area (Å²) in [6.07, 6.45) is -4.94. The van der Waals surface area contributed by atoms with Gasteiger partial charge < -0.3 is 9.84 Å². The Balaban J connectivity index is 3.13. The Morgan fingerprint density at radius 1 is 1.41 bits per heavy atom. The number of benzene rings is 1. The molecule has 0 aromatic heterocycles. The quantitative estimate of drug-likeness (QED) is 0.685. The number of ketones is 1. The molecule has 0 aliphatic carbocycles. The van der Waals surface area contributed by atoms with Crippen LogP contribution in [0.5, 0.6) is 11.5 Å². The zero-order valence-electron chi connectivity index (χ0n) is 8.42. The lowest BCUT2D eigenvalue weighted by atomic mass is 10.1. The predicted molar refractivity (Wildman–Crippen MR) is 57.5 cm³/mol. The lowest BCUT2D eigenvalue weighted by Crippen LogP contribution is -2.19. The van der Waals surface area contributed by atoms with Gasteiger partial charge in [-0.2, -0.15) is 0 Å². The molecular formula is C10H8BrF3O3. The minimum absolute atomic E-state index is 0.0116. The molecule has 0 spiro atoms. The smallest absolute Gasteiger partial charge is 0.504 e. The first kappa shape index (κ1) is 13.8. The number of hydrogen-bond acceptors (Lipinski definition) is 3. The van der Waals surface area contributed by atoms with E-state index in [1.165, 1.54) is 12.1 Å². The summed E-state index contributed by atoms with van der Waals surface area (Å²) in [5, 5.41) is 9.60. The van der Waals surface area contributed by atoms with Crippen molar-refractivity contribution < 1.29 is 27.8 Å². The van der Waals surface area contributed by atoms with Gasteiger partial charge in [0, 0.05) is 11.8 Å². The molecule has 0 atom stereocenters. The first-order valence-corrected chi connectivity index (χ1v) is 5.64. The number of aromatic hydroxyl groups is 1. The van der Waals surface area contributed by atoms with Crippen LogP contribution in [0.4, 0.5) is 13.2 Å². The minimum Gasteiger partial charge on any atom is -0.504 e. The van der Waals surface area contributed by atoms with Crippen molar-refractivity contribution in [2.24, 2.45) is 0 Å². The van der Waals surface area contributed by atoms with Crippen molar-refractivity contribution in [3.63, 3.8) is 0 Å². The highest BCUT2D eigenvalue weighted by Gasteiger charge is 2.34. The van der Waals surface area contributed by atoms with E-state index in [9.17, 15) is 23.1 Å². The number of Topliss-reactive ketones (excluding diaryl/α,β-unsaturated/α-hetero) is 1. The molecule has 7 heteroatoms. The van der Waals surface area contributed by atoms with Crippen LogP contribution >= 0.6 is 15.9 Å². The lowest BCUT2D eigenvalue weighted by Gasteiger charge is -2.13. The normalized spacial score (nSPS) is 11.3. The molecule has 0 amide bonds. The van der Waals surface area contributed by atoms with Gasteiger partial charge in [0.2, 0.25) is 0 Å². The summed E-state index contributed by atoms with van der Waals surface area (Å²) in [6, 6.07) is 3.47. The van der Waals surface area contributed by atoms with E-state index in [-0.39, 0.29) is 12.0 Å². The molecule has 3 nitrogen and oxygen atoms in total. The molecule has 0 aliphatic rings. The van der Waals surface area contributed by atoms with Crippen LogP contribution < -0.4 is 4.74 Å². The van der Waals surface area contributed by atoms with E-state index in [0.717, 1.165) is 6.07 Å². The summed E-state index contributed by atoms with van der Waals surface area (Å²) in [5.41, 5.74) is -0.290. The molecule has 0 aliphatic heterocycles. The van der Waals surface area contributed by atoms with Gasteiger partial charge >= 0.3 is 6.36 Å². The van der Waals surface area contributed by atoms with Crippen LogP contribution in [0, 0.1) is 0 Å². The molecule has 0 unspecified atom stereocenters. The SMILES string of the molecule is O=C(CCBr)c1cccc(O)c1OC(F)(F)F. The van der Waals surface area contributed by atoms with Crippen LogP contribution in [0.3, 0.4) is 0 Å². The summed E-state index contributed by atoms with van der Waals surface area (Å²) >= 11 is 3.01. The molecule has 0 saturated heterocycles. The average Bonchev–Trinajstić information content (AvgIpc) is 2.19. The van der Waals surface area contributed by atoms with E-state index < -0.39 is 23.6 Å². The van der Waals surface area contributed by atoms with E-state index >= 15 is 0 Å². The van der Waals surface area contributed by atoms with E-state index in [4.69, 9.17) is 0 Å². The van der Waals surface area contributed by atoms with Gasteiger partial charge in [-0.25, -0.2) is 0 Å². The van der Waals surface area contributed by atoms with Gasteiger partial charge in [0.25, 0.3) is 0 Å². The van der Waals surface area contributed by atoms with Crippen molar-refractivity contribution in [3.8, 4) is 11.5 Å². The Hall–Kier alpha value is -1.24. The number of carbonyl (C=O) groups excluding carboxylic acids is 1. The molecule has 94 valence electrons. The van der Waals surface area contributed by atoms with Crippen LogP contribution in [0.25, 0.3) is 0 Å². The van der Waals surface area contributed by atoms with Gasteiger partial charge in [-0.1, -0.05) is 22.0 Å². The van der Waals surface area contributed by atoms with Crippen molar-refractivity contribution >= 4 is 21.7 Å². The van der Waals surface area contributed by atoms with Crippen molar-refractivity contribution in [2.45, 2.75) is 12.8 Å². The Morgan fingerprint density at radius 3 is 2.59 bits per heavy atom. The second-order valence-electron chi connectivity index (χ2n) is 3.06. The molecular weight excluding hydrogens is 305 g/mol. The topological polar surface area (TPSA) is 46.5 Å². The number of carbonyl (C=O) groups is 1. The largest absolute Gasteiger partial charge is 0.573 e. The third kappa shape index (κ3) is 3.92. The standard InChI is InChI=1S/C10H8BrF3O3/c11-5-4-7(15)6-2-1-3-8(16)9(6)17-10(12,13)14/h1-3,16H,4-5H2. The molecule has 0 fully saturated rings. The predicted octanol–water partition coefficient (Wildman–Crippen LogP) is 3.26. The van der Waals surface area contributed by atoms with Gasteiger partial charge in [-0.15, -0.1) is 13.2 Å². The fourth-order valence-electron chi connectivity index (χ4n) is 1.19. The number of ether oxygens (including phenoxy) is 1. The number of para-hydroxylation sites is 1. The third-order valence-corrected chi connectivity index (χ3v) is 2.23. The highest BCUT2D eigenvalue weighted by Crippen LogP contribution is 2.35. The second-order valence-corrected chi connectivity index (χ2v) is 3.86. The Bertz CT molecular complexity index is 418. The highest BCUT2D eigenvalue weighted by molar-refractivity contribution is 9.09. The molecule has 0 heterocycles. The maximum atomic E-state index is 12.1. The summed E-state index contributed by atoms with van der Waals surface area (Å²) in [7, 11) is 0. The van der Waals surface area contributed by atoms with Gasteiger partial charge in [0.05, 0.1) is 5.56 Å². The van der Waals surface area contributed by atoms with Crippen LogP contribution in [0.15, 0.2) is 18.2 Å². The van der Waals surface area contributed by atoms with Crippen LogP contribution in [-0.2, 0) is 0 Å². The second kappa shape index (κ2) is 5.39. The fourth-order valence-corrected chi connectivity index (χ4v) is 1.55. The number of rotatable bonds is 4. The van der Waals surface area contributed by atoms with Gasteiger partial charge in [0.1, 0.15) is 0 Å². The maximum absolute atomic E-state index is 12.1. The lowest BCUT2D eigenvalue weighted by molar-refractivity contribution is -0.275. The molecule has 1 aromatic rings. The highest BCUT2D eigenvalue weighted by atomic mass is 79.9. The zero-order valence-corrected chi connectivity index (χ0v) is 10.0. The van der Waals surface area contributed by atoms with E-state index in [2.05, 4.69) is 20.7 Å². The van der Waals surface area contributed by atoms with E-state index in [0.29, 0.717) is 5.33 Å². The molecule has 0 saturated carbocycles. The first-order chi connectivity index (χ1) is 7.85. The van der Waals surface area contributed by atoms with E-state index in [1.807, 2.05) is 0 Å². The summed E-state index contributed by atoms with van der Waals surface area (Å²) in [5.74, 6) is -2.12. The molecule has 1 N–H and O–H groups in total. The summed E-state index contributed by atoms with van der Waals surface area (Å²) in [6.45, 7) is 0. The first-order valence-electron chi connectivity index (χ1n) is 4.52. The molecule has 0 bridgehead atoms. The number of alkyl halides is 4. The Morgan fingerprint density at radius 2 is 2.06 bits per heavy atom. The van der Waals surface area contributed by atoms with Gasteiger partial charge in [0.15, 0.2) is 17.3 Å². The Kier molecular flexibility index (Phi) is 4.39. The summed E-state index contributed by atoms with van der Waals surface area (Å²) < 4.78 is 39.9. The van der Waals surface area contributed by atoms with Crippen molar-refractivity contribution in [1.82, 2.24) is 0 Å². The number of hydrogen-bond donors (Lipinski definition) is 1. The van der Waals surface area contributed by atoms with Crippen LogP contribution in [0.2, 0.25) is 0 Å². The van der Waals surface area contributed by atoms with Crippen LogP contribution in [-0.4, -0.2) is 22.6 Å². The van der Waals surface area contributed by atoms with Gasteiger partial charge in [-0.05, 0) is 12.1 Å². The fraction of sp³-hybridized carbons (Fsp3) is 0.300. The minimum atomic E-state index is -4.96. The van der Waals surface area contributed by atoms with Crippen molar-refractivity contribution in [2.75, 3.05) is 5.33 Å². The Labute approximate surface area is 103 Å². The molecule has 1 aromatic carbocycles. The maximum Gasteiger partial charge on any atom is 0.573 e. The van der Waals surface area contributed by atoms with Crippen LogP contribution in [0.1, 0.15) is 16.8 Å². The number of phenolic OH excluding ortho intramolecular Hbond substituents is 1. The monoisotopic (exact) mass is 312 g/mol. The number of phenols is 1. The van der Waals surface area contributed by atoms with Crippen molar-refractivity contribution in [3.05, 3.63) is 23.8 Å². The number of halogens is 4. The van der Waals surface area contributed by atoms with E-state index in [1.54, 1.807) is 0 Å². The summed E-state index contributed by atoms with van der Waals surface area (Å²) in [4.78, 5) is 11.5. The average molecular weight is 313 g/mol. The third-order valence-electron chi connectivity index (χ3n) is 1.83. The molecule has 1 rings (SSSR count). The molecule has 17 heavy (non-hydrogen) atoms. The zero-order chi connectivity index (χ0) is 13.1. The molecule has 0 radical (unpaired) electrons. The van der Waals surface area contributed by atoms with Gasteiger partial charge in [-0.3, -0.25) is 4.79 Å². The van der Waals surface area contributed by atoms with Crippen molar-refractivity contribution in [1.29, 1.82) is 0 Å².